The number of carbonyl (C=O) groups is 2. The van der Waals surface area contributed by atoms with Crippen LogP contribution in [0.15, 0.2) is 34.9 Å². The number of rotatable bonds is 5. The van der Waals surface area contributed by atoms with Gasteiger partial charge in [0.25, 0.3) is 0 Å². The maximum absolute atomic E-state index is 12.2. The lowest BCUT2D eigenvalue weighted by Gasteiger charge is -2.04. The zero-order chi connectivity index (χ0) is 17.3. The van der Waals surface area contributed by atoms with E-state index in [0.717, 1.165) is 16.8 Å². The van der Waals surface area contributed by atoms with Gasteiger partial charge < -0.3 is 13.8 Å². The van der Waals surface area contributed by atoms with Crippen molar-refractivity contribution in [3.05, 3.63) is 53.0 Å². The highest BCUT2D eigenvalue weighted by Gasteiger charge is 2.17. The predicted molar refractivity (Wildman–Crippen MR) is 87.9 cm³/mol. The number of nitrogens with zero attached hydrogens (tertiary/aromatic N) is 2. The second-order valence-electron chi connectivity index (χ2n) is 5.73. The molecule has 6 nitrogen and oxygen atoms in total. The Kier molecular flexibility index (Phi) is 4.20. The fourth-order valence-electron chi connectivity index (χ4n) is 2.61. The lowest BCUT2D eigenvalue weighted by molar-refractivity contribution is -0.141. The van der Waals surface area contributed by atoms with Crippen molar-refractivity contribution in [3.63, 3.8) is 0 Å². The van der Waals surface area contributed by atoms with Crippen molar-refractivity contribution >= 4 is 22.7 Å². The molecule has 0 saturated heterocycles. The predicted octanol–water partition coefficient (Wildman–Crippen LogP) is 2.75. The first kappa shape index (κ1) is 16.0. The van der Waals surface area contributed by atoms with Gasteiger partial charge in [0.05, 0.1) is 6.42 Å². The van der Waals surface area contributed by atoms with E-state index in [4.69, 9.17) is 9.26 Å². The number of hydrogen-bond donors (Lipinski definition) is 0. The van der Waals surface area contributed by atoms with Crippen molar-refractivity contribution < 1.29 is 18.8 Å². The first-order valence-electron chi connectivity index (χ1n) is 7.62. The first-order valence-corrected chi connectivity index (χ1v) is 7.62. The zero-order valence-corrected chi connectivity index (χ0v) is 13.8. The molecule has 0 spiro atoms. The molecule has 2 aromatic heterocycles. The number of hydrogen-bond acceptors (Lipinski definition) is 5. The van der Waals surface area contributed by atoms with Crippen LogP contribution in [0.5, 0.6) is 0 Å². The third kappa shape index (κ3) is 2.95. The van der Waals surface area contributed by atoms with Crippen LogP contribution >= 0.6 is 0 Å². The highest BCUT2D eigenvalue weighted by molar-refractivity contribution is 5.99. The minimum Gasteiger partial charge on any atom is -0.457 e. The summed E-state index contributed by atoms with van der Waals surface area (Å²) >= 11 is 0. The second-order valence-corrected chi connectivity index (χ2v) is 5.73. The van der Waals surface area contributed by atoms with E-state index < -0.39 is 5.97 Å². The Bertz CT molecular complexity index is 920. The van der Waals surface area contributed by atoms with Gasteiger partial charge in [-0.15, -0.1) is 0 Å². The fraction of sp³-hybridized carbons (Fsp3) is 0.278. The molecular weight excluding hydrogens is 308 g/mol. The van der Waals surface area contributed by atoms with Crippen LogP contribution in [0.25, 0.3) is 11.0 Å². The second kappa shape index (κ2) is 6.31. The van der Waals surface area contributed by atoms with E-state index in [2.05, 4.69) is 5.16 Å². The quantitative estimate of drug-likeness (QED) is 0.532. The minimum atomic E-state index is -0.507. The molecule has 0 saturated carbocycles. The van der Waals surface area contributed by atoms with E-state index in [1.165, 1.54) is 0 Å². The summed E-state index contributed by atoms with van der Waals surface area (Å²) in [6.07, 6.45) is -0.0307. The molecule has 0 radical (unpaired) electrons. The Morgan fingerprint density at radius 1 is 1.25 bits per heavy atom. The molecule has 0 aliphatic heterocycles. The van der Waals surface area contributed by atoms with E-state index in [1.807, 2.05) is 43.7 Å². The summed E-state index contributed by atoms with van der Waals surface area (Å²) < 4.78 is 12.2. The molecule has 0 aliphatic rings. The van der Waals surface area contributed by atoms with Gasteiger partial charge in [0.15, 0.2) is 12.2 Å². The zero-order valence-electron chi connectivity index (χ0n) is 13.8. The van der Waals surface area contributed by atoms with E-state index in [-0.39, 0.29) is 18.8 Å². The molecule has 0 amide bonds. The Labute approximate surface area is 139 Å². The van der Waals surface area contributed by atoms with E-state index >= 15 is 0 Å². The topological polar surface area (TPSA) is 74.3 Å². The van der Waals surface area contributed by atoms with E-state index in [1.54, 1.807) is 12.1 Å². The standard InChI is InChI=1S/C18H18N2O4/c1-11-8-14(12(2)20(11)3)16(21)10-23-18(22)9-15-13-6-4-5-7-17(13)24-19-15/h4-8H,9-10H2,1-3H3. The minimum absolute atomic E-state index is 0.0307. The van der Waals surface area contributed by atoms with Crippen LogP contribution < -0.4 is 0 Å². The Morgan fingerprint density at radius 3 is 2.71 bits per heavy atom. The van der Waals surface area contributed by atoms with Gasteiger partial charge in [0.1, 0.15) is 5.69 Å². The van der Waals surface area contributed by atoms with Gasteiger partial charge in [-0.2, -0.15) is 0 Å². The molecule has 0 unspecified atom stereocenters. The van der Waals surface area contributed by atoms with Crippen molar-refractivity contribution in [2.24, 2.45) is 7.05 Å². The highest BCUT2D eigenvalue weighted by atomic mass is 16.5. The van der Waals surface area contributed by atoms with Crippen molar-refractivity contribution in [1.29, 1.82) is 0 Å². The molecule has 1 aromatic carbocycles. The molecule has 0 bridgehead atoms. The molecule has 6 heteroatoms. The number of fused-ring (bicyclic) bond motifs is 1. The van der Waals surface area contributed by atoms with Crippen molar-refractivity contribution in [2.45, 2.75) is 20.3 Å². The van der Waals surface area contributed by atoms with Crippen LogP contribution in [0.2, 0.25) is 0 Å². The Hall–Kier alpha value is -2.89. The van der Waals surface area contributed by atoms with Crippen LogP contribution in [0.4, 0.5) is 0 Å². The van der Waals surface area contributed by atoms with Crippen LogP contribution in [0, 0.1) is 13.8 Å². The summed E-state index contributed by atoms with van der Waals surface area (Å²) in [6, 6.07) is 9.09. The van der Waals surface area contributed by atoms with Crippen LogP contribution in [0.3, 0.4) is 0 Å². The van der Waals surface area contributed by atoms with Gasteiger partial charge in [-0.1, -0.05) is 17.3 Å². The number of esters is 1. The molecule has 124 valence electrons. The Morgan fingerprint density at radius 2 is 2.00 bits per heavy atom. The molecule has 0 atom stereocenters. The lowest BCUT2D eigenvalue weighted by atomic mass is 10.1. The normalized spacial score (nSPS) is 11.0. The Balaban J connectivity index is 1.63. The molecule has 0 aliphatic carbocycles. The van der Waals surface area contributed by atoms with E-state index in [0.29, 0.717) is 16.8 Å². The number of ketones is 1. The van der Waals surface area contributed by atoms with Gasteiger partial charge in [-0.3, -0.25) is 9.59 Å². The highest BCUT2D eigenvalue weighted by Crippen LogP contribution is 2.18. The summed E-state index contributed by atoms with van der Waals surface area (Å²) in [5, 5.41) is 4.66. The summed E-state index contributed by atoms with van der Waals surface area (Å²) in [4.78, 5) is 24.2. The number of aryl methyl sites for hydroxylation is 1. The van der Waals surface area contributed by atoms with Crippen LogP contribution in [-0.4, -0.2) is 28.1 Å². The van der Waals surface area contributed by atoms with Crippen LogP contribution in [0.1, 0.15) is 27.4 Å². The molecule has 3 rings (SSSR count). The van der Waals surface area contributed by atoms with Gasteiger partial charge in [-0.25, -0.2) is 0 Å². The summed E-state index contributed by atoms with van der Waals surface area (Å²) in [7, 11) is 1.89. The number of aromatic nitrogens is 2. The lowest BCUT2D eigenvalue weighted by Crippen LogP contribution is -2.16. The number of ether oxygens (including phenoxy) is 1. The van der Waals surface area contributed by atoms with Crippen LogP contribution in [-0.2, 0) is 23.0 Å². The van der Waals surface area contributed by atoms with Gasteiger partial charge >= 0.3 is 5.97 Å². The van der Waals surface area contributed by atoms with Gasteiger partial charge in [-0.05, 0) is 32.0 Å². The summed E-state index contributed by atoms with van der Waals surface area (Å²) in [5.74, 6) is -0.720. The molecule has 0 N–H and O–H groups in total. The molecule has 0 fully saturated rings. The van der Waals surface area contributed by atoms with E-state index in [9.17, 15) is 9.59 Å². The maximum atomic E-state index is 12.2. The number of para-hydroxylation sites is 1. The SMILES string of the molecule is Cc1cc(C(=O)COC(=O)Cc2noc3ccccc23)c(C)n1C. The first-order chi connectivity index (χ1) is 11.5. The maximum Gasteiger partial charge on any atom is 0.312 e. The molecule has 3 aromatic rings. The molecule has 2 heterocycles. The average Bonchev–Trinajstić information content (AvgIpc) is 3.09. The monoisotopic (exact) mass is 326 g/mol. The van der Waals surface area contributed by atoms with Crippen molar-refractivity contribution in [1.82, 2.24) is 9.72 Å². The fourth-order valence-corrected chi connectivity index (χ4v) is 2.61. The number of carbonyl (C=O) groups excluding carboxylic acids is 2. The number of benzene rings is 1. The summed E-state index contributed by atoms with van der Waals surface area (Å²) in [5.41, 5.74) is 3.54. The number of Topliss-reactive ketones (excluding diaryl/α,β-unsaturated/α-hetero) is 1. The smallest absolute Gasteiger partial charge is 0.312 e. The van der Waals surface area contributed by atoms with Crippen molar-refractivity contribution in [3.8, 4) is 0 Å². The third-order valence-corrected chi connectivity index (χ3v) is 4.20. The van der Waals surface area contributed by atoms with Gasteiger partial charge in [0, 0.05) is 29.4 Å². The molecular formula is C18H18N2O4. The third-order valence-electron chi connectivity index (χ3n) is 4.20. The largest absolute Gasteiger partial charge is 0.457 e. The summed E-state index contributed by atoms with van der Waals surface area (Å²) in [6.45, 7) is 3.51. The van der Waals surface area contributed by atoms with Gasteiger partial charge in [0.2, 0.25) is 5.78 Å². The van der Waals surface area contributed by atoms with Crippen molar-refractivity contribution in [2.75, 3.05) is 6.61 Å². The molecule has 24 heavy (non-hydrogen) atoms. The average molecular weight is 326 g/mol.